The van der Waals surface area contributed by atoms with Crippen LogP contribution in [0.4, 0.5) is 5.82 Å². The van der Waals surface area contributed by atoms with Crippen molar-refractivity contribution in [2.75, 3.05) is 12.4 Å². The van der Waals surface area contributed by atoms with Crippen LogP contribution < -0.4 is 15.4 Å². The van der Waals surface area contributed by atoms with E-state index in [1.165, 1.54) is 19.4 Å². The van der Waals surface area contributed by atoms with Crippen LogP contribution in [0.5, 0.6) is 11.5 Å². The van der Waals surface area contributed by atoms with Crippen LogP contribution in [0.3, 0.4) is 0 Å². The molecule has 0 atom stereocenters. The SMILES string of the molecule is COc1c(C)cc(Br)cc1C(=O)NC(=S)Nc1ncccc1O. The minimum absolute atomic E-state index is 0.0173. The van der Waals surface area contributed by atoms with Gasteiger partial charge in [-0.05, 0) is 49.0 Å². The summed E-state index contributed by atoms with van der Waals surface area (Å²) in [6, 6.07) is 6.53. The van der Waals surface area contributed by atoms with Gasteiger partial charge in [-0.1, -0.05) is 15.9 Å². The highest BCUT2D eigenvalue weighted by Gasteiger charge is 2.17. The number of methoxy groups -OCH3 is 1. The van der Waals surface area contributed by atoms with Crippen molar-refractivity contribution in [3.05, 3.63) is 46.1 Å². The van der Waals surface area contributed by atoms with Gasteiger partial charge in [-0.2, -0.15) is 0 Å². The Bertz CT molecular complexity index is 768. The zero-order valence-electron chi connectivity index (χ0n) is 12.4. The Morgan fingerprint density at radius 2 is 2.17 bits per heavy atom. The van der Waals surface area contributed by atoms with Crippen molar-refractivity contribution < 1.29 is 14.6 Å². The van der Waals surface area contributed by atoms with E-state index in [2.05, 4.69) is 31.5 Å². The van der Waals surface area contributed by atoms with Crippen molar-refractivity contribution >= 4 is 45.0 Å². The van der Waals surface area contributed by atoms with Crippen LogP contribution in [0.1, 0.15) is 15.9 Å². The van der Waals surface area contributed by atoms with Crippen LogP contribution in [0.15, 0.2) is 34.9 Å². The van der Waals surface area contributed by atoms with Crippen LogP contribution in [0.25, 0.3) is 0 Å². The number of rotatable bonds is 3. The lowest BCUT2D eigenvalue weighted by molar-refractivity contribution is 0.0974. The number of hydrogen-bond donors (Lipinski definition) is 3. The number of aromatic hydroxyl groups is 1. The molecule has 0 bridgehead atoms. The number of aryl methyl sites for hydroxylation is 1. The fourth-order valence-corrected chi connectivity index (χ4v) is 2.73. The number of nitrogens with zero attached hydrogens (tertiary/aromatic N) is 1. The van der Waals surface area contributed by atoms with Gasteiger partial charge in [0.05, 0.1) is 12.7 Å². The number of ether oxygens (including phenoxy) is 1. The number of pyridine rings is 1. The van der Waals surface area contributed by atoms with Gasteiger partial charge in [0.1, 0.15) is 5.75 Å². The zero-order chi connectivity index (χ0) is 17.0. The number of anilines is 1. The van der Waals surface area contributed by atoms with Gasteiger partial charge in [0, 0.05) is 10.7 Å². The van der Waals surface area contributed by atoms with E-state index in [0.29, 0.717) is 11.3 Å². The topological polar surface area (TPSA) is 83.5 Å². The molecular formula is C15H14BrN3O3S. The van der Waals surface area contributed by atoms with Gasteiger partial charge in [-0.15, -0.1) is 0 Å². The molecule has 0 spiro atoms. The van der Waals surface area contributed by atoms with E-state index in [0.717, 1.165) is 10.0 Å². The molecule has 1 aromatic heterocycles. The Morgan fingerprint density at radius 3 is 2.83 bits per heavy atom. The van der Waals surface area contributed by atoms with Crippen LogP contribution in [0, 0.1) is 6.92 Å². The van der Waals surface area contributed by atoms with Gasteiger partial charge in [0.2, 0.25) is 0 Å². The van der Waals surface area contributed by atoms with Gasteiger partial charge in [-0.25, -0.2) is 4.98 Å². The average Bonchev–Trinajstić information content (AvgIpc) is 2.48. The third-order valence-electron chi connectivity index (χ3n) is 2.93. The molecule has 0 aliphatic carbocycles. The number of benzene rings is 1. The maximum atomic E-state index is 12.4. The number of halogens is 1. The third kappa shape index (κ3) is 4.17. The molecule has 2 rings (SSSR count). The van der Waals surface area contributed by atoms with E-state index in [1.807, 2.05) is 13.0 Å². The largest absolute Gasteiger partial charge is 0.504 e. The number of thiocarbonyl (C=S) groups is 1. The predicted molar refractivity (Wildman–Crippen MR) is 95.0 cm³/mol. The minimum Gasteiger partial charge on any atom is -0.504 e. The third-order valence-corrected chi connectivity index (χ3v) is 3.60. The fraction of sp³-hybridized carbons (Fsp3) is 0.133. The minimum atomic E-state index is -0.431. The van der Waals surface area contributed by atoms with E-state index in [9.17, 15) is 9.90 Å². The van der Waals surface area contributed by atoms with E-state index in [-0.39, 0.29) is 16.7 Å². The number of nitrogens with one attached hydrogen (secondary N) is 2. The maximum Gasteiger partial charge on any atom is 0.261 e. The van der Waals surface area contributed by atoms with Crippen molar-refractivity contribution in [3.8, 4) is 11.5 Å². The second-order valence-corrected chi connectivity index (χ2v) is 5.91. The Hall–Kier alpha value is -2.19. The quantitative estimate of drug-likeness (QED) is 0.692. The van der Waals surface area contributed by atoms with Crippen LogP contribution >= 0.6 is 28.1 Å². The van der Waals surface area contributed by atoms with E-state index in [1.54, 1.807) is 12.1 Å². The van der Waals surface area contributed by atoms with Crippen molar-refractivity contribution in [2.45, 2.75) is 6.92 Å². The van der Waals surface area contributed by atoms with E-state index >= 15 is 0 Å². The molecule has 1 amide bonds. The molecule has 8 heteroatoms. The standard InChI is InChI=1S/C15H14BrN3O3S/c1-8-6-9(16)7-10(12(8)22-2)14(21)19-15(23)18-13-11(20)4-3-5-17-13/h3-7,20H,1-2H3,(H2,17,18,19,21,23). The molecule has 120 valence electrons. The van der Waals surface area contributed by atoms with Crippen molar-refractivity contribution in [3.63, 3.8) is 0 Å². The molecule has 0 saturated heterocycles. The summed E-state index contributed by atoms with van der Waals surface area (Å²) in [6.07, 6.45) is 1.49. The molecule has 6 nitrogen and oxygen atoms in total. The molecule has 0 fully saturated rings. The second-order valence-electron chi connectivity index (χ2n) is 4.58. The lowest BCUT2D eigenvalue weighted by atomic mass is 10.1. The van der Waals surface area contributed by atoms with Gasteiger partial charge in [-0.3, -0.25) is 10.1 Å². The summed E-state index contributed by atoms with van der Waals surface area (Å²) in [6.45, 7) is 1.84. The predicted octanol–water partition coefficient (Wildman–Crippen LogP) is 2.99. The molecule has 0 radical (unpaired) electrons. The highest BCUT2D eigenvalue weighted by Crippen LogP contribution is 2.27. The summed E-state index contributed by atoms with van der Waals surface area (Å²) in [7, 11) is 1.50. The summed E-state index contributed by atoms with van der Waals surface area (Å²) in [4.78, 5) is 16.3. The molecule has 3 N–H and O–H groups in total. The van der Waals surface area contributed by atoms with Gasteiger partial charge < -0.3 is 15.2 Å². The lowest BCUT2D eigenvalue weighted by Gasteiger charge is -2.13. The number of aromatic nitrogens is 1. The first kappa shape index (κ1) is 17.2. The normalized spacial score (nSPS) is 10.0. The Morgan fingerprint density at radius 1 is 1.43 bits per heavy atom. The molecule has 2 aromatic rings. The van der Waals surface area contributed by atoms with Gasteiger partial charge in [0.25, 0.3) is 5.91 Å². The van der Waals surface area contributed by atoms with Gasteiger partial charge in [0.15, 0.2) is 16.7 Å². The number of hydrogen-bond acceptors (Lipinski definition) is 5. The Kier molecular flexibility index (Phi) is 5.51. The van der Waals surface area contributed by atoms with Crippen LogP contribution in [-0.4, -0.2) is 28.2 Å². The molecule has 1 aromatic carbocycles. The number of carbonyl (C=O) groups excluding carboxylic acids is 1. The molecular weight excluding hydrogens is 382 g/mol. The zero-order valence-corrected chi connectivity index (χ0v) is 14.8. The summed E-state index contributed by atoms with van der Waals surface area (Å²) in [5.41, 5.74) is 1.15. The fourth-order valence-electron chi connectivity index (χ4n) is 1.97. The lowest BCUT2D eigenvalue weighted by Crippen LogP contribution is -2.34. The first-order chi connectivity index (χ1) is 10.9. The van der Waals surface area contributed by atoms with Crippen molar-refractivity contribution in [2.24, 2.45) is 0 Å². The van der Waals surface area contributed by atoms with Crippen LogP contribution in [0.2, 0.25) is 0 Å². The average molecular weight is 396 g/mol. The monoisotopic (exact) mass is 395 g/mol. The molecule has 0 unspecified atom stereocenters. The second kappa shape index (κ2) is 7.38. The molecule has 0 aliphatic rings. The smallest absolute Gasteiger partial charge is 0.261 e. The highest BCUT2D eigenvalue weighted by molar-refractivity contribution is 9.10. The summed E-state index contributed by atoms with van der Waals surface area (Å²) in [5.74, 6) is 0.128. The van der Waals surface area contributed by atoms with E-state index < -0.39 is 5.91 Å². The first-order valence-electron chi connectivity index (χ1n) is 6.53. The van der Waals surface area contributed by atoms with Crippen molar-refractivity contribution in [1.82, 2.24) is 10.3 Å². The molecule has 23 heavy (non-hydrogen) atoms. The van der Waals surface area contributed by atoms with Crippen molar-refractivity contribution in [1.29, 1.82) is 0 Å². The Labute approximate surface area is 147 Å². The maximum absolute atomic E-state index is 12.4. The Balaban J connectivity index is 2.16. The van der Waals surface area contributed by atoms with E-state index in [4.69, 9.17) is 17.0 Å². The molecule has 1 heterocycles. The highest BCUT2D eigenvalue weighted by atomic mass is 79.9. The number of amides is 1. The summed E-state index contributed by atoms with van der Waals surface area (Å²) < 4.78 is 6.03. The van der Waals surface area contributed by atoms with Crippen LogP contribution in [-0.2, 0) is 0 Å². The first-order valence-corrected chi connectivity index (χ1v) is 7.73. The number of carbonyl (C=O) groups is 1. The van der Waals surface area contributed by atoms with Gasteiger partial charge >= 0.3 is 0 Å². The molecule has 0 saturated carbocycles. The summed E-state index contributed by atoms with van der Waals surface area (Å²) in [5, 5.41) is 14.9. The summed E-state index contributed by atoms with van der Waals surface area (Å²) >= 11 is 8.42. The molecule has 0 aliphatic heterocycles.